The molecule has 0 aliphatic heterocycles. The van der Waals surface area contributed by atoms with Crippen molar-refractivity contribution in [1.29, 1.82) is 0 Å². The fourth-order valence-corrected chi connectivity index (χ4v) is 3.36. The smallest absolute Gasteiger partial charge is 0.335 e. The van der Waals surface area contributed by atoms with E-state index in [2.05, 4.69) is 0 Å². The van der Waals surface area contributed by atoms with Gasteiger partial charge in [0.15, 0.2) is 9.84 Å². The van der Waals surface area contributed by atoms with E-state index in [1.54, 1.807) is 6.92 Å². The van der Waals surface area contributed by atoms with Crippen molar-refractivity contribution < 1.29 is 23.1 Å². The Hall–Kier alpha value is -1.89. The number of carboxylic acid groups (broad SMARTS) is 1. The number of nitrogens with two attached hydrogens (primary N) is 1. The molecule has 0 bridgehead atoms. The van der Waals surface area contributed by atoms with Gasteiger partial charge >= 0.3 is 5.97 Å². The fourth-order valence-electron chi connectivity index (χ4n) is 1.75. The molecule has 0 spiro atoms. The van der Waals surface area contributed by atoms with Crippen LogP contribution in [0.5, 0.6) is 0 Å². The van der Waals surface area contributed by atoms with Crippen molar-refractivity contribution in [3.63, 3.8) is 0 Å². The molecule has 0 heterocycles. The zero-order chi connectivity index (χ0) is 14.8. The standard InChI is InChI=1S/C12H15NO5S/c1-3-10(11(13)14)19(17,18)8-5-4-7(2)9(6-8)12(15)16/h4-6,10H,3H2,1-2H3,(H2,13,14)(H,15,16). The molecule has 1 unspecified atom stereocenters. The molecular formula is C12H15NO5S. The first-order chi connectivity index (χ1) is 8.71. The van der Waals surface area contributed by atoms with Gasteiger partial charge in [-0.05, 0) is 31.0 Å². The zero-order valence-corrected chi connectivity index (χ0v) is 11.4. The number of aryl methyl sites for hydroxylation is 1. The highest BCUT2D eigenvalue weighted by Crippen LogP contribution is 2.21. The van der Waals surface area contributed by atoms with E-state index in [1.807, 2.05) is 0 Å². The van der Waals surface area contributed by atoms with Gasteiger partial charge in [-0.15, -0.1) is 0 Å². The Morgan fingerprint density at radius 2 is 1.95 bits per heavy atom. The Morgan fingerprint density at radius 3 is 2.37 bits per heavy atom. The largest absolute Gasteiger partial charge is 0.478 e. The molecule has 0 saturated carbocycles. The monoisotopic (exact) mass is 285 g/mol. The van der Waals surface area contributed by atoms with E-state index in [9.17, 15) is 18.0 Å². The predicted molar refractivity (Wildman–Crippen MR) is 68.6 cm³/mol. The molecule has 1 rings (SSSR count). The van der Waals surface area contributed by atoms with Crippen LogP contribution in [0.4, 0.5) is 0 Å². The minimum atomic E-state index is -3.96. The fraction of sp³-hybridized carbons (Fsp3) is 0.333. The average molecular weight is 285 g/mol. The summed E-state index contributed by atoms with van der Waals surface area (Å²) in [6.45, 7) is 3.09. The number of hydrogen-bond acceptors (Lipinski definition) is 4. The summed E-state index contributed by atoms with van der Waals surface area (Å²) in [4.78, 5) is 21.9. The highest BCUT2D eigenvalue weighted by Gasteiger charge is 2.31. The normalized spacial score (nSPS) is 12.9. The predicted octanol–water partition coefficient (Wildman–Crippen LogP) is 0.731. The van der Waals surface area contributed by atoms with Crippen molar-refractivity contribution in [2.45, 2.75) is 30.4 Å². The summed E-state index contributed by atoms with van der Waals surface area (Å²) in [5.74, 6) is -2.17. The highest BCUT2D eigenvalue weighted by molar-refractivity contribution is 7.92. The molecule has 104 valence electrons. The summed E-state index contributed by atoms with van der Waals surface area (Å²) in [6.07, 6.45) is 0.0357. The van der Waals surface area contributed by atoms with Crippen molar-refractivity contribution in [3.8, 4) is 0 Å². The summed E-state index contributed by atoms with van der Waals surface area (Å²) in [6, 6.07) is 3.73. The van der Waals surface area contributed by atoms with Crippen LogP contribution >= 0.6 is 0 Å². The molecule has 7 heteroatoms. The van der Waals surface area contributed by atoms with Crippen molar-refractivity contribution in [2.75, 3.05) is 0 Å². The number of rotatable bonds is 5. The molecule has 1 aromatic carbocycles. The maximum absolute atomic E-state index is 12.2. The number of amides is 1. The third-order valence-corrected chi connectivity index (χ3v) is 5.06. The summed E-state index contributed by atoms with van der Waals surface area (Å²) in [7, 11) is -3.96. The summed E-state index contributed by atoms with van der Waals surface area (Å²) < 4.78 is 24.4. The third kappa shape index (κ3) is 2.93. The molecular weight excluding hydrogens is 270 g/mol. The van der Waals surface area contributed by atoms with E-state index in [1.165, 1.54) is 19.1 Å². The molecule has 0 aromatic heterocycles. The summed E-state index contributed by atoms with van der Waals surface area (Å²) >= 11 is 0. The number of aromatic carboxylic acids is 1. The summed E-state index contributed by atoms with van der Waals surface area (Å²) in [5, 5.41) is 7.62. The average Bonchev–Trinajstić information content (AvgIpc) is 2.28. The third-order valence-electron chi connectivity index (χ3n) is 2.83. The Morgan fingerprint density at radius 1 is 1.37 bits per heavy atom. The number of hydrogen-bond donors (Lipinski definition) is 2. The van der Waals surface area contributed by atoms with Gasteiger partial charge in [0.1, 0.15) is 5.25 Å². The maximum Gasteiger partial charge on any atom is 0.335 e. The number of benzene rings is 1. The Labute approximate surface area is 111 Å². The molecule has 3 N–H and O–H groups in total. The van der Waals surface area contributed by atoms with Gasteiger partial charge in [0.25, 0.3) is 0 Å². The lowest BCUT2D eigenvalue weighted by Crippen LogP contribution is -2.35. The van der Waals surface area contributed by atoms with E-state index in [-0.39, 0.29) is 16.9 Å². The molecule has 19 heavy (non-hydrogen) atoms. The number of carbonyl (C=O) groups is 2. The number of carboxylic acids is 1. The Bertz CT molecular complexity index is 621. The first-order valence-electron chi connectivity index (χ1n) is 5.59. The van der Waals surface area contributed by atoms with Crippen LogP contribution in [-0.4, -0.2) is 30.7 Å². The van der Waals surface area contributed by atoms with Crippen molar-refractivity contribution in [1.82, 2.24) is 0 Å². The quantitative estimate of drug-likeness (QED) is 0.827. The van der Waals surface area contributed by atoms with Gasteiger partial charge < -0.3 is 10.8 Å². The molecule has 1 atom stereocenters. The van der Waals surface area contributed by atoms with Gasteiger partial charge in [-0.1, -0.05) is 13.0 Å². The molecule has 6 nitrogen and oxygen atoms in total. The molecule has 0 fully saturated rings. The van der Waals surface area contributed by atoms with Crippen molar-refractivity contribution in [3.05, 3.63) is 29.3 Å². The number of sulfone groups is 1. The Kier molecular flexibility index (Phi) is 4.31. The molecule has 0 radical (unpaired) electrons. The Balaban J connectivity index is 3.41. The minimum absolute atomic E-state index is 0.0357. The maximum atomic E-state index is 12.2. The molecule has 1 amide bonds. The van der Waals surface area contributed by atoms with Crippen molar-refractivity contribution >= 4 is 21.7 Å². The van der Waals surface area contributed by atoms with Crippen LogP contribution in [-0.2, 0) is 14.6 Å². The second-order valence-corrected chi connectivity index (χ2v) is 6.26. The lowest BCUT2D eigenvalue weighted by atomic mass is 10.1. The van der Waals surface area contributed by atoms with Crippen LogP contribution in [0.25, 0.3) is 0 Å². The van der Waals surface area contributed by atoms with Crippen LogP contribution in [0.2, 0.25) is 0 Å². The molecule has 0 aliphatic rings. The molecule has 1 aromatic rings. The van der Waals surface area contributed by atoms with E-state index < -0.39 is 27.0 Å². The van der Waals surface area contributed by atoms with E-state index >= 15 is 0 Å². The van der Waals surface area contributed by atoms with Gasteiger partial charge in [0.05, 0.1) is 10.5 Å². The van der Waals surface area contributed by atoms with Crippen LogP contribution in [0, 0.1) is 6.92 Å². The van der Waals surface area contributed by atoms with E-state index in [0.717, 1.165) is 6.07 Å². The van der Waals surface area contributed by atoms with E-state index in [0.29, 0.717) is 5.56 Å². The van der Waals surface area contributed by atoms with Crippen LogP contribution in [0.3, 0.4) is 0 Å². The van der Waals surface area contributed by atoms with Crippen LogP contribution in [0.1, 0.15) is 29.3 Å². The summed E-state index contributed by atoms with van der Waals surface area (Å²) in [5.41, 5.74) is 5.40. The van der Waals surface area contributed by atoms with Crippen LogP contribution < -0.4 is 5.73 Å². The SMILES string of the molecule is CCC(C(N)=O)S(=O)(=O)c1ccc(C)c(C(=O)O)c1. The van der Waals surface area contributed by atoms with E-state index in [4.69, 9.17) is 10.8 Å². The van der Waals surface area contributed by atoms with Crippen molar-refractivity contribution in [2.24, 2.45) is 5.73 Å². The number of primary amides is 1. The van der Waals surface area contributed by atoms with Gasteiger partial charge in [-0.2, -0.15) is 0 Å². The number of carbonyl (C=O) groups excluding carboxylic acids is 1. The van der Waals surface area contributed by atoms with Crippen LogP contribution in [0.15, 0.2) is 23.1 Å². The van der Waals surface area contributed by atoms with Gasteiger partial charge in [0, 0.05) is 0 Å². The first kappa shape index (κ1) is 15.2. The lowest BCUT2D eigenvalue weighted by Gasteiger charge is -2.13. The second kappa shape index (κ2) is 5.40. The lowest BCUT2D eigenvalue weighted by molar-refractivity contribution is -0.117. The minimum Gasteiger partial charge on any atom is -0.478 e. The second-order valence-electron chi connectivity index (χ2n) is 4.13. The zero-order valence-electron chi connectivity index (χ0n) is 10.6. The first-order valence-corrected chi connectivity index (χ1v) is 7.13. The highest BCUT2D eigenvalue weighted by atomic mass is 32.2. The topological polar surface area (TPSA) is 115 Å². The molecule has 0 saturated heterocycles. The van der Waals surface area contributed by atoms with Gasteiger partial charge in [0.2, 0.25) is 5.91 Å². The molecule has 0 aliphatic carbocycles. The van der Waals surface area contributed by atoms with Gasteiger partial charge in [-0.3, -0.25) is 4.79 Å². The van der Waals surface area contributed by atoms with Gasteiger partial charge in [-0.25, -0.2) is 13.2 Å².